The third kappa shape index (κ3) is 7.06. The molecule has 0 aliphatic rings. The third-order valence-electron chi connectivity index (χ3n) is 8.42. The number of imidazole rings is 1. The third-order valence-corrected chi connectivity index (χ3v) is 13.8. The Morgan fingerprint density at radius 2 is 1.67 bits per heavy atom. The maximum atomic E-state index is 7.83. The number of aromatic nitrogens is 4. The number of hydrogen-bond acceptors (Lipinski definition) is 4. The minimum atomic E-state index is -2.32. The minimum absolute atomic E-state index is 0. The Hall–Kier alpha value is -3.94. The Bertz CT molecular complexity index is 2590. The molecule has 0 amide bonds. The van der Waals surface area contributed by atoms with Gasteiger partial charge in [0.1, 0.15) is 4.83 Å². The van der Waals surface area contributed by atoms with Gasteiger partial charge in [-0.05, 0) is 43.5 Å². The van der Waals surface area contributed by atoms with Gasteiger partial charge in [-0.2, -0.15) is 11.3 Å². The van der Waals surface area contributed by atoms with E-state index in [2.05, 4.69) is 63.0 Å². The normalized spacial score (nSPS) is 13.7. The molecular weight excluding hydrogens is 857 g/mol. The monoisotopic (exact) mass is 903 g/mol. The fourth-order valence-electron chi connectivity index (χ4n) is 5.88. The van der Waals surface area contributed by atoms with Crippen LogP contribution in [0.5, 0.6) is 0 Å². The second-order valence-electron chi connectivity index (χ2n) is 12.6. The van der Waals surface area contributed by atoms with E-state index in [0.717, 1.165) is 66.8 Å². The van der Waals surface area contributed by atoms with Crippen molar-refractivity contribution in [1.82, 2.24) is 19.5 Å². The molecule has 1 radical (unpaired) electrons. The molecule has 8 rings (SSSR count). The summed E-state index contributed by atoms with van der Waals surface area (Å²) in [5, 5.41) is 1.75. The molecule has 0 N–H and O–H groups in total. The van der Waals surface area contributed by atoms with Gasteiger partial charge < -0.3 is 4.57 Å². The van der Waals surface area contributed by atoms with Crippen molar-refractivity contribution < 1.29 is 28.3 Å². The van der Waals surface area contributed by atoms with Crippen LogP contribution in [-0.4, -0.2) is 32.8 Å². The molecule has 4 heterocycles. The van der Waals surface area contributed by atoms with Crippen LogP contribution in [0.1, 0.15) is 26.4 Å². The topological polar surface area (TPSA) is 43.6 Å². The molecule has 4 aromatic heterocycles. The zero-order valence-electron chi connectivity index (χ0n) is 33.6. The van der Waals surface area contributed by atoms with Gasteiger partial charge in [-0.15, -0.1) is 12.1 Å². The number of hydrogen-bond donors (Lipinski definition) is 0. The van der Waals surface area contributed by atoms with E-state index in [9.17, 15) is 0 Å². The predicted octanol–water partition coefficient (Wildman–Crippen LogP) is 10.7. The first kappa shape index (κ1) is 27.8. The van der Waals surface area contributed by atoms with Crippen molar-refractivity contribution in [2.24, 2.45) is 0 Å². The molecule has 0 unspecified atom stereocenters. The van der Waals surface area contributed by atoms with Gasteiger partial charge in [0.2, 0.25) is 0 Å². The molecule has 4 aromatic carbocycles. The van der Waals surface area contributed by atoms with Gasteiger partial charge >= 0.3 is 99.8 Å². The van der Waals surface area contributed by atoms with Gasteiger partial charge in [-0.3, -0.25) is 4.98 Å². The van der Waals surface area contributed by atoms with E-state index in [4.69, 9.17) is 13.2 Å². The minimum Gasteiger partial charge on any atom is 0 e. The van der Waals surface area contributed by atoms with Gasteiger partial charge in [0, 0.05) is 46.0 Å². The number of thiophene rings is 1. The molecule has 247 valence electrons. The summed E-state index contributed by atoms with van der Waals surface area (Å²) in [6.45, 7) is -1.71. The first-order valence-electron chi connectivity index (χ1n) is 18.9. The molecular formula is C42H38GeIrN4S-2. The second-order valence-corrected chi connectivity index (χ2v) is 24.3. The number of para-hydroxylation sites is 2. The van der Waals surface area contributed by atoms with Crippen LogP contribution in [0.4, 0.5) is 0 Å². The summed E-state index contributed by atoms with van der Waals surface area (Å²) in [5.41, 5.74) is 6.84. The zero-order valence-corrected chi connectivity index (χ0v) is 32.9. The Kier molecular flexibility index (Phi) is 8.24. The van der Waals surface area contributed by atoms with Crippen molar-refractivity contribution in [3.05, 3.63) is 133 Å². The molecule has 0 spiro atoms. The van der Waals surface area contributed by atoms with Gasteiger partial charge in [0.25, 0.3) is 0 Å². The van der Waals surface area contributed by atoms with E-state index in [0.29, 0.717) is 4.83 Å². The van der Waals surface area contributed by atoms with Crippen molar-refractivity contribution in [2.45, 2.75) is 44.4 Å². The first-order chi connectivity index (χ1) is 25.6. The van der Waals surface area contributed by atoms with E-state index < -0.39 is 27.0 Å². The Labute approximate surface area is 317 Å². The maximum Gasteiger partial charge on any atom is 0 e. The van der Waals surface area contributed by atoms with Crippen molar-refractivity contribution >= 4 is 60.3 Å². The van der Waals surface area contributed by atoms with Crippen LogP contribution >= 0.6 is 11.3 Å². The molecule has 0 saturated carbocycles. The van der Waals surface area contributed by atoms with Crippen LogP contribution < -0.4 is 4.40 Å². The second kappa shape index (κ2) is 14.5. The number of pyridine rings is 2. The molecule has 0 aliphatic heterocycles. The standard InChI is InChI=1S/C28H22N3S.C14H16GeN.Ir/c1-4-31-24-8-6-5-7-23(24)30-27(31)22-16-15-20(19-12-9-17(2)10-13-19)25-21-14-11-18(3)29-28(21)32-26(22)25;1-15(2,3)13-9-10-14(16-11-13)12-7-5-4-6-8-12;/h5-15H,4H2,1-3H3;4-7,9-11H,1-3H3;/q2*-1;/i2D3,3D3;;. The Balaban J connectivity index is 0.000000254. The molecule has 0 atom stereocenters. The van der Waals surface area contributed by atoms with Gasteiger partial charge in [-0.25, -0.2) is 4.98 Å². The molecule has 0 saturated heterocycles. The summed E-state index contributed by atoms with van der Waals surface area (Å²) in [6.07, 6.45) is 2.04. The van der Waals surface area contributed by atoms with Gasteiger partial charge in [0.05, 0.1) is 16.9 Å². The van der Waals surface area contributed by atoms with Crippen LogP contribution in [0.2, 0.25) is 17.3 Å². The number of fused-ring (bicyclic) bond motifs is 4. The molecule has 8 aromatic rings. The maximum absolute atomic E-state index is 7.83. The average Bonchev–Trinajstić information content (AvgIpc) is 3.73. The van der Waals surface area contributed by atoms with Crippen LogP contribution in [0.3, 0.4) is 0 Å². The van der Waals surface area contributed by atoms with Crippen molar-refractivity contribution in [2.75, 3.05) is 0 Å². The predicted molar refractivity (Wildman–Crippen MR) is 207 cm³/mol. The number of rotatable bonds is 5. The fraction of sp³-hybridized carbons (Fsp3) is 0.167. The summed E-state index contributed by atoms with van der Waals surface area (Å²) in [5.74, 6) is 7.92. The SMILES string of the molecule is [2H]C([2H])([2H])c1ccc(-c2c[c-]c(-c3nc4ccccc4n3CC)c3sc4nc(C([2H])([2H])[2H])ccc4c23)cc1.[CH3][Ge]([CH3])([CH3])[c]1ccc(-c2[c-]cccc2)nc1.[Ir]. The van der Waals surface area contributed by atoms with Crippen LogP contribution in [0.25, 0.3) is 65.1 Å². The van der Waals surface area contributed by atoms with E-state index in [1.54, 1.807) is 30.3 Å². The summed E-state index contributed by atoms with van der Waals surface area (Å²) >= 11 is -0.293. The quantitative estimate of drug-likeness (QED) is 0.128. The average molecular weight is 902 g/mol. The van der Waals surface area contributed by atoms with Crippen LogP contribution in [0.15, 0.2) is 109 Å². The smallest absolute Gasteiger partial charge is 0 e. The van der Waals surface area contributed by atoms with Crippen molar-refractivity contribution in [3.8, 4) is 33.8 Å². The van der Waals surface area contributed by atoms with Crippen molar-refractivity contribution in [1.29, 1.82) is 0 Å². The molecule has 4 nitrogen and oxygen atoms in total. The van der Waals surface area contributed by atoms with E-state index in [1.165, 1.54) is 15.7 Å². The summed E-state index contributed by atoms with van der Waals surface area (Å²) in [4.78, 5) is 14.6. The fourth-order valence-corrected chi connectivity index (χ4v) is 9.25. The van der Waals surface area contributed by atoms with E-state index >= 15 is 0 Å². The molecule has 0 aliphatic carbocycles. The number of aryl methyl sites for hydroxylation is 3. The molecule has 7 heteroatoms. The van der Waals surface area contributed by atoms with Crippen molar-refractivity contribution in [3.63, 3.8) is 0 Å². The van der Waals surface area contributed by atoms with Gasteiger partial charge in [-0.1, -0.05) is 70.1 Å². The Morgan fingerprint density at radius 1 is 0.857 bits per heavy atom. The summed E-state index contributed by atoms with van der Waals surface area (Å²) < 4.78 is 51.1. The number of nitrogens with zero attached hydrogens (tertiary/aromatic N) is 4. The first-order valence-corrected chi connectivity index (χ1v) is 24.1. The number of benzene rings is 4. The van der Waals surface area contributed by atoms with Gasteiger partial charge in [0.15, 0.2) is 0 Å². The summed E-state index contributed by atoms with van der Waals surface area (Å²) in [7, 11) is 0. The van der Waals surface area contributed by atoms with E-state index in [-0.39, 0.29) is 31.4 Å². The zero-order chi connectivity index (χ0) is 38.4. The molecule has 0 fully saturated rings. The van der Waals surface area contributed by atoms with Crippen LogP contribution in [-0.2, 0) is 26.7 Å². The summed E-state index contributed by atoms with van der Waals surface area (Å²) in [6, 6.07) is 39.1. The molecule has 0 bridgehead atoms. The Morgan fingerprint density at radius 3 is 2.37 bits per heavy atom. The van der Waals surface area contributed by atoms with Crippen LogP contribution in [0, 0.1) is 25.8 Å². The molecule has 49 heavy (non-hydrogen) atoms. The largest absolute Gasteiger partial charge is 0 e. The van der Waals surface area contributed by atoms with E-state index in [1.807, 2.05) is 66.9 Å².